The van der Waals surface area contributed by atoms with E-state index in [2.05, 4.69) is 10.4 Å². The van der Waals surface area contributed by atoms with Crippen LogP contribution in [0.25, 0.3) is 10.9 Å². The highest BCUT2D eigenvalue weighted by Gasteiger charge is 2.13. The second-order valence-corrected chi connectivity index (χ2v) is 7.25. The fourth-order valence-electron chi connectivity index (χ4n) is 3.25. The van der Waals surface area contributed by atoms with Crippen molar-refractivity contribution in [1.29, 1.82) is 0 Å². The number of hydrogen-bond donors (Lipinski definition) is 1. The van der Waals surface area contributed by atoms with E-state index in [1.54, 1.807) is 0 Å². The maximum Gasteiger partial charge on any atom is 0.251 e. The van der Waals surface area contributed by atoms with Crippen LogP contribution in [0.1, 0.15) is 34.5 Å². The molecule has 0 fully saturated rings. The van der Waals surface area contributed by atoms with Crippen molar-refractivity contribution < 1.29 is 4.79 Å². The van der Waals surface area contributed by atoms with Gasteiger partial charge in [0, 0.05) is 16.0 Å². The number of rotatable bonds is 5. The zero-order valence-corrected chi connectivity index (χ0v) is 16.2. The first-order chi connectivity index (χ1) is 13.6. The molecular formula is C23H20ClN3O. The number of hydrogen-bond acceptors (Lipinski definition) is 2. The molecule has 1 aromatic heterocycles. The summed E-state index contributed by atoms with van der Waals surface area (Å²) in [6.45, 7) is 2.57. The minimum Gasteiger partial charge on any atom is -0.346 e. The van der Waals surface area contributed by atoms with Crippen LogP contribution < -0.4 is 5.32 Å². The molecular weight excluding hydrogens is 370 g/mol. The Hall–Kier alpha value is -3.11. The van der Waals surface area contributed by atoms with Crippen molar-refractivity contribution in [1.82, 2.24) is 15.1 Å². The van der Waals surface area contributed by atoms with E-state index in [1.807, 2.05) is 90.6 Å². The minimum absolute atomic E-state index is 0.0687. The second-order valence-electron chi connectivity index (χ2n) is 6.81. The summed E-state index contributed by atoms with van der Waals surface area (Å²) in [5, 5.41) is 9.22. The molecule has 1 atom stereocenters. The van der Waals surface area contributed by atoms with Gasteiger partial charge in [-0.15, -0.1) is 0 Å². The number of amides is 1. The fourth-order valence-corrected chi connectivity index (χ4v) is 3.46. The number of benzene rings is 3. The molecule has 0 saturated heterocycles. The Morgan fingerprint density at radius 2 is 1.89 bits per heavy atom. The molecule has 0 bridgehead atoms. The summed E-state index contributed by atoms with van der Waals surface area (Å²) in [5.41, 5.74) is 3.66. The Bertz CT molecular complexity index is 1120. The molecule has 0 saturated carbocycles. The van der Waals surface area contributed by atoms with Crippen molar-refractivity contribution >= 4 is 28.4 Å². The van der Waals surface area contributed by atoms with E-state index in [9.17, 15) is 4.79 Å². The van der Waals surface area contributed by atoms with Gasteiger partial charge in [0.05, 0.1) is 24.3 Å². The lowest BCUT2D eigenvalue weighted by molar-refractivity contribution is 0.0940. The van der Waals surface area contributed by atoms with Gasteiger partial charge in [0.25, 0.3) is 5.91 Å². The van der Waals surface area contributed by atoms with Gasteiger partial charge in [-0.2, -0.15) is 5.10 Å². The first kappa shape index (κ1) is 18.3. The summed E-state index contributed by atoms with van der Waals surface area (Å²) in [7, 11) is 0. The van der Waals surface area contributed by atoms with Crippen molar-refractivity contribution in [2.45, 2.75) is 19.5 Å². The summed E-state index contributed by atoms with van der Waals surface area (Å²) in [5.74, 6) is -0.103. The van der Waals surface area contributed by atoms with Crippen molar-refractivity contribution in [3.8, 4) is 0 Å². The average Bonchev–Trinajstić information content (AvgIpc) is 3.10. The standard InChI is InChI=1S/C23H20ClN3O/c1-16(18-7-3-2-4-8-18)26-23(28)19-10-11-20-14-25-27(22(20)13-19)15-17-6-5-9-21(24)12-17/h2-14,16H,15H2,1H3,(H,26,28). The van der Waals surface area contributed by atoms with Gasteiger partial charge in [0.1, 0.15) is 0 Å². The number of nitrogens with one attached hydrogen (secondary N) is 1. The first-order valence-corrected chi connectivity index (χ1v) is 9.54. The number of carbonyl (C=O) groups excluding carboxylic acids is 1. The normalized spacial score (nSPS) is 12.1. The van der Waals surface area contributed by atoms with Crippen LogP contribution in [-0.2, 0) is 6.54 Å². The first-order valence-electron chi connectivity index (χ1n) is 9.16. The third-order valence-electron chi connectivity index (χ3n) is 4.78. The van der Waals surface area contributed by atoms with E-state index in [-0.39, 0.29) is 11.9 Å². The smallest absolute Gasteiger partial charge is 0.251 e. The molecule has 140 valence electrons. The third kappa shape index (κ3) is 3.92. The molecule has 1 amide bonds. The van der Waals surface area contributed by atoms with E-state index in [0.29, 0.717) is 17.1 Å². The van der Waals surface area contributed by atoms with Gasteiger partial charge in [-0.3, -0.25) is 9.48 Å². The summed E-state index contributed by atoms with van der Waals surface area (Å²) >= 11 is 6.09. The van der Waals surface area contributed by atoms with E-state index >= 15 is 0 Å². The highest BCUT2D eigenvalue weighted by Crippen LogP contribution is 2.19. The molecule has 28 heavy (non-hydrogen) atoms. The number of nitrogens with zero attached hydrogens (tertiary/aromatic N) is 2. The molecule has 3 aromatic carbocycles. The monoisotopic (exact) mass is 389 g/mol. The fraction of sp³-hybridized carbons (Fsp3) is 0.130. The Balaban J connectivity index is 1.57. The number of halogens is 1. The zero-order valence-electron chi connectivity index (χ0n) is 15.5. The van der Waals surface area contributed by atoms with Gasteiger partial charge >= 0.3 is 0 Å². The maximum atomic E-state index is 12.8. The molecule has 0 spiro atoms. The molecule has 4 aromatic rings. The number of fused-ring (bicyclic) bond motifs is 1. The lowest BCUT2D eigenvalue weighted by atomic mass is 10.1. The quantitative estimate of drug-likeness (QED) is 0.508. The molecule has 0 aliphatic heterocycles. The number of carbonyl (C=O) groups is 1. The zero-order chi connectivity index (χ0) is 19.5. The summed E-state index contributed by atoms with van der Waals surface area (Å²) < 4.78 is 1.89. The lowest BCUT2D eigenvalue weighted by Gasteiger charge is -2.14. The van der Waals surface area contributed by atoms with Crippen LogP contribution in [0, 0.1) is 0 Å². The summed E-state index contributed by atoms with van der Waals surface area (Å²) in [4.78, 5) is 12.8. The van der Waals surface area contributed by atoms with Crippen molar-refractivity contribution in [3.63, 3.8) is 0 Å². The van der Waals surface area contributed by atoms with Gasteiger partial charge in [-0.1, -0.05) is 60.1 Å². The van der Waals surface area contributed by atoms with Crippen LogP contribution in [-0.4, -0.2) is 15.7 Å². The van der Waals surface area contributed by atoms with E-state index < -0.39 is 0 Å². The van der Waals surface area contributed by atoms with Crippen LogP contribution in [0.3, 0.4) is 0 Å². The van der Waals surface area contributed by atoms with Crippen LogP contribution in [0.15, 0.2) is 79.0 Å². The average molecular weight is 390 g/mol. The molecule has 4 nitrogen and oxygen atoms in total. The molecule has 0 aliphatic rings. The molecule has 5 heteroatoms. The highest BCUT2D eigenvalue weighted by molar-refractivity contribution is 6.30. The molecule has 0 aliphatic carbocycles. The van der Waals surface area contributed by atoms with E-state index in [0.717, 1.165) is 22.0 Å². The van der Waals surface area contributed by atoms with Gasteiger partial charge in [0.15, 0.2) is 0 Å². The summed E-state index contributed by atoms with van der Waals surface area (Å²) in [6.07, 6.45) is 1.81. The molecule has 1 unspecified atom stereocenters. The Kier molecular flexibility index (Phi) is 5.13. The summed E-state index contributed by atoms with van der Waals surface area (Å²) in [6, 6.07) is 23.2. The van der Waals surface area contributed by atoms with Crippen molar-refractivity contribution in [2.24, 2.45) is 0 Å². The Morgan fingerprint density at radius 3 is 2.68 bits per heavy atom. The largest absolute Gasteiger partial charge is 0.346 e. The Labute approximate surface area is 168 Å². The van der Waals surface area contributed by atoms with Gasteiger partial charge in [-0.25, -0.2) is 0 Å². The van der Waals surface area contributed by atoms with Gasteiger partial charge in [-0.05, 0) is 42.3 Å². The lowest BCUT2D eigenvalue weighted by Crippen LogP contribution is -2.26. The van der Waals surface area contributed by atoms with Crippen LogP contribution in [0.2, 0.25) is 5.02 Å². The van der Waals surface area contributed by atoms with Crippen molar-refractivity contribution in [3.05, 3.63) is 101 Å². The van der Waals surface area contributed by atoms with Gasteiger partial charge < -0.3 is 5.32 Å². The Morgan fingerprint density at radius 1 is 1.07 bits per heavy atom. The second kappa shape index (κ2) is 7.87. The molecule has 1 N–H and O–H groups in total. The molecule has 0 radical (unpaired) electrons. The predicted octanol–water partition coefficient (Wildman–Crippen LogP) is 5.23. The topological polar surface area (TPSA) is 46.9 Å². The SMILES string of the molecule is CC(NC(=O)c1ccc2cnn(Cc3cccc(Cl)c3)c2c1)c1ccccc1. The van der Waals surface area contributed by atoms with E-state index in [4.69, 9.17) is 11.6 Å². The van der Waals surface area contributed by atoms with Crippen LogP contribution >= 0.6 is 11.6 Å². The predicted molar refractivity (Wildman–Crippen MR) is 113 cm³/mol. The van der Waals surface area contributed by atoms with E-state index in [1.165, 1.54) is 0 Å². The number of aromatic nitrogens is 2. The van der Waals surface area contributed by atoms with Crippen LogP contribution in [0.5, 0.6) is 0 Å². The molecule has 4 rings (SSSR count). The maximum absolute atomic E-state index is 12.8. The minimum atomic E-state index is -0.103. The third-order valence-corrected chi connectivity index (χ3v) is 5.01. The van der Waals surface area contributed by atoms with Crippen LogP contribution in [0.4, 0.5) is 0 Å². The highest BCUT2D eigenvalue weighted by atomic mass is 35.5. The molecule has 1 heterocycles. The van der Waals surface area contributed by atoms with Crippen molar-refractivity contribution in [2.75, 3.05) is 0 Å². The van der Waals surface area contributed by atoms with Gasteiger partial charge in [0.2, 0.25) is 0 Å².